The minimum Gasteiger partial charge on any atom is -0.472 e. The van der Waals surface area contributed by atoms with Crippen LogP contribution in [0.15, 0.2) is 168 Å². The standard InChI is InChI=1S/C53H46O2S/c1-8-15-47(35(5)10-3)56-48-29-24-38(32-39(48)33-54)37-22-27-41(28-23-37)53(40-25-20-36(21-26-40)34(4)9-2)31-30-45-50-49(42-16-11-12-17-43(42)51(45)55-53)44-18-13-14-19-46(44)52(50,6)7/h8-33H,3H2,1-2,4-7H3/b15-8-,34-9+,47-35+. The number of hydrogen-bond acceptors (Lipinski definition) is 3. The fourth-order valence-electron chi connectivity index (χ4n) is 8.47. The number of hydrogen-bond donors (Lipinski definition) is 0. The van der Waals surface area contributed by atoms with Gasteiger partial charge in [-0.3, -0.25) is 4.79 Å². The number of rotatable bonds is 9. The number of benzene rings is 6. The molecule has 3 heteroatoms. The third-order valence-corrected chi connectivity index (χ3v) is 12.9. The van der Waals surface area contributed by atoms with Gasteiger partial charge in [0, 0.05) is 42.9 Å². The molecule has 0 N–H and O–H groups in total. The van der Waals surface area contributed by atoms with Crippen LogP contribution in [0.5, 0.6) is 5.75 Å². The molecule has 1 heterocycles. The number of carbonyl (C=O) groups is 1. The van der Waals surface area contributed by atoms with Crippen molar-refractivity contribution in [2.45, 2.75) is 57.5 Å². The Morgan fingerprint density at radius 2 is 1.45 bits per heavy atom. The molecule has 2 nitrogen and oxygen atoms in total. The van der Waals surface area contributed by atoms with E-state index in [4.69, 9.17) is 4.74 Å². The average molecular weight is 747 g/mol. The van der Waals surface area contributed by atoms with Gasteiger partial charge in [-0.2, -0.15) is 0 Å². The van der Waals surface area contributed by atoms with E-state index in [0.717, 1.165) is 60.6 Å². The number of allylic oxidation sites excluding steroid dienone is 6. The second kappa shape index (κ2) is 14.6. The molecule has 1 aliphatic heterocycles. The Kier molecular flexibility index (Phi) is 9.68. The monoisotopic (exact) mass is 746 g/mol. The zero-order valence-electron chi connectivity index (χ0n) is 32.9. The van der Waals surface area contributed by atoms with Crippen molar-refractivity contribution in [1.29, 1.82) is 0 Å². The topological polar surface area (TPSA) is 26.3 Å². The Balaban J connectivity index is 1.26. The predicted molar refractivity (Wildman–Crippen MR) is 239 cm³/mol. The lowest BCUT2D eigenvalue weighted by Gasteiger charge is -2.38. The van der Waals surface area contributed by atoms with E-state index in [-0.39, 0.29) is 5.41 Å². The fraction of sp³-hybridized carbons (Fsp3) is 0.151. The molecule has 56 heavy (non-hydrogen) atoms. The second-order valence-corrected chi connectivity index (χ2v) is 16.3. The van der Waals surface area contributed by atoms with Crippen molar-refractivity contribution < 1.29 is 9.53 Å². The van der Waals surface area contributed by atoms with Gasteiger partial charge in [0.15, 0.2) is 11.9 Å². The summed E-state index contributed by atoms with van der Waals surface area (Å²) < 4.78 is 7.56. The van der Waals surface area contributed by atoms with E-state index in [1.54, 1.807) is 11.8 Å². The summed E-state index contributed by atoms with van der Waals surface area (Å²) in [6, 6.07) is 41.1. The Bertz CT molecular complexity index is 2670. The lowest BCUT2D eigenvalue weighted by Crippen LogP contribution is -2.35. The molecule has 276 valence electrons. The van der Waals surface area contributed by atoms with Gasteiger partial charge >= 0.3 is 0 Å². The molecule has 1 unspecified atom stereocenters. The van der Waals surface area contributed by atoms with Crippen LogP contribution in [0.25, 0.3) is 44.7 Å². The van der Waals surface area contributed by atoms with Crippen LogP contribution in [0.3, 0.4) is 0 Å². The lowest BCUT2D eigenvalue weighted by atomic mass is 9.76. The molecule has 2 aliphatic rings. The van der Waals surface area contributed by atoms with Gasteiger partial charge in [0.25, 0.3) is 0 Å². The molecule has 0 saturated heterocycles. The summed E-state index contributed by atoms with van der Waals surface area (Å²) in [4.78, 5) is 14.4. The van der Waals surface area contributed by atoms with E-state index in [9.17, 15) is 4.79 Å². The maximum absolute atomic E-state index is 12.4. The first-order chi connectivity index (χ1) is 27.1. The van der Waals surface area contributed by atoms with Crippen LogP contribution in [0.4, 0.5) is 0 Å². The summed E-state index contributed by atoms with van der Waals surface area (Å²) in [5.41, 5.74) is 13.5. The van der Waals surface area contributed by atoms with Crippen molar-refractivity contribution in [2.75, 3.05) is 0 Å². The maximum atomic E-state index is 12.4. The first-order valence-corrected chi connectivity index (χ1v) is 20.1. The van der Waals surface area contributed by atoms with Crippen LogP contribution in [-0.4, -0.2) is 6.29 Å². The van der Waals surface area contributed by atoms with E-state index >= 15 is 0 Å². The fourth-order valence-corrected chi connectivity index (χ4v) is 9.51. The maximum Gasteiger partial charge on any atom is 0.178 e. The zero-order chi connectivity index (χ0) is 39.2. The summed E-state index contributed by atoms with van der Waals surface area (Å²) in [6.07, 6.45) is 13.6. The van der Waals surface area contributed by atoms with Gasteiger partial charge in [-0.15, -0.1) is 0 Å². The van der Waals surface area contributed by atoms with Crippen molar-refractivity contribution >= 4 is 40.5 Å². The zero-order valence-corrected chi connectivity index (χ0v) is 33.8. The van der Waals surface area contributed by atoms with E-state index in [1.165, 1.54) is 38.8 Å². The number of thioether (sulfide) groups is 1. The Labute approximate surface area is 335 Å². The van der Waals surface area contributed by atoms with Crippen molar-refractivity contribution in [1.82, 2.24) is 0 Å². The van der Waals surface area contributed by atoms with E-state index < -0.39 is 5.60 Å². The van der Waals surface area contributed by atoms with Crippen LogP contribution in [-0.2, 0) is 11.0 Å². The second-order valence-electron chi connectivity index (χ2n) is 15.2. The Morgan fingerprint density at radius 1 is 0.786 bits per heavy atom. The summed E-state index contributed by atoms with van der Waals surface area (Å²) in [5.74, 6) is 0.905. The molecule has 0 fully saturated rings. The molecule has 1 aliphatic carbocycles. The smallest absolute Gasteiger partial charge is 0.178 e. The number of aldehydes is 1. The first-order valence-electron chi connectivity index (χ1n) is 19.3. The van der Waals surface area contributed by atoms with Gasteiger partial charge in [-0.05, 0) is 101 Å². The van der Waals surface area contributed by atoms with Crippen molar-refractivity contribution in [3.63, 3.8) is 0 Å². The number of carbonyl (C=O) groups excluding carboxylic acids is 1. The van der Waals surface area contributed by atoms with E-state index in [1.807, 2.05) is 38.1 Å². The molecule has 6 aromatic rings. The largest absolute Gasteiger partial charge is 0.472 e. The molecule has 0 aromatic heterocycles. The van der Waals surface area contributed by atoms with Crippen LogP contribution >= 0.6 is 11.8 Å². The highest BCUT2D eigenvalue weighted by Crippen LogP contribution is 2.58. The first kappa shape index (κ1) is 37.0. The van der Waals surface area contributed by atoms with Gasteiger partial charge in [-0.25, -0.2) is 0 Å². The Morgan fingerprint density at radius 3 is 2.12 bits per heavy atom. The third-order valence-electron chi connectivity index (χ3n) is 11.7. The van der Waals surface area contributed by atoms with E-state index in [2.05, 4.69) is 162 Å². The van der Waals surface area contributed by atoms with Crippen molar-refractivity contribution in [3.05, 3.63) is 202 Å². The molecule has 6 aromatic carbocycles. The molecule has 0 saturated carbocycles. The molecule has 0 amide bonds. The predicted octanol–water partition coefficient (Wildman–Crippen LogP) is 14.5. The molecule has 1 atom stereocenters. The highest BCUT2D eigenvalue weighted by Gasteiger charge is 2.44. The summed E-state index contributed by atoms with van der Waals surface area (Å²) in [5, 5.41) is 2.31. The van der Waals surface area contributed by atoms with Gasteiger partial charge in [0.05, 0.1) is 0 Å². The molecule has 0 spiro atoms. The number of fused-ring (bicyclic) bond motifs is 8. The van der Waals surface area contributed by atoms with E-state index in [0.29, 0.717) is 5.56 Å². The van der Waals surface area contributed by atoms with Gasteiger partial charge in [0.1, 0.15) is 5.75 Å². The minimum absolute atomic E-state index is 0.204. The van der Waals surface area contributed by atoms with Crippen LogP contribution < -0.4 is 4.74 Å². The Hall–Kier alpha value is -5.90. The summed E-state index contributed by atoms with van der Waals surface area (Å²) >= 11 is 1.58. The van der Waals surface area contributed by atoms with Crippen molar-refractivity contribution in [2.24, 2.45) is 0 Å². The highest BCUT2D eigenvalue weighted by molar-refractivity contribution is 8.03. The molecular weight excluding hydrogens is 701 g/mol. The summed E-state index contributed by atoms with van der Waals surface area (Å²) in [6.45, 7) is 16.9. The van der Waals surface area contributed by atoms with Crippen LogP contribution in [0.2, 0.25) is 0 Å². The number of ether oxygens (including phenoxy) is 1. The third kappa shape index (κ3) is 6.02. The quantitative estimate of drug-likeness (QED) is 0.0837. The van der Waals surface area contributed by atoms with Gasteiger partial charge in [-0.1, -0.05) is 166 Å². The molecule has 0 radical (unpaired) electrons. The molecule has 0 bridgehead atoms. The minimum atomic E-state index is -0.895. The van der Waals surface area contributed by atoms with Crippen molar-refractivity contribution in [3.8, 4) is 28.0 Å². The lowest BCUT2D eigenvalue weighted by molar-refractivity contribution is 0.112. The summed E-state index contributed by atoms with van der Waals surface area (Å²) in [7, 11) is 0. The normalized spacial score (nSPS) is 17.2. The van der Waals surface area contributed by atoms with Crippen LogP contribution in [0, 0.1) is 0 Å². The van der Waals surface area contributed by atoms with Gasteiger partial charge < -0.3 is 4.74 Å². The van der Waals surface area contributed by atoms with Gasteiger partial charge in [0.2, 0.25) is 0 Å². The average Bonchev–Trinajstić information content (AvgIpc) is 3.49. The SMILES string of the molecule is C=C/C(C)=C(\C=C/C)Sc1ccc(-c2ccc(C3(c4ccc(/C(C)=C/C)cc4)C=Cc4c5c(c6ccccc6c4O3)-c3ccccc3C5(C)C)cc2)cc1C=O. The molecule has 8 rings (SSSR count). The highest BCUT2D eigenvalue weighted by atomic mass is 32.2. The van der Waals surface area contributed by atoms with Crippen LogP contribution in [0.1, 0.15) is 85.3 Å². The molecular formula is C53H46O2S.